The van der Waals surface area contributed by atoms with Crippen LogP contribution in [0.25, 0.3) is 10.9 Å². The molecule has 1 atom stereocenters. The summed E-state index contributed by atoms with van der Waals surface area (Å²) in [5.74, 6) is 0.0609. The summed E-state index contributed by atoms with van der Waals surface area (Å²) in [6, 6.07) is 10.5. The molecule has 0 spiro atoms. The van der Waals surface area contributed by atoms with E-state index in [0.717, 1.165) is 49.8 Å². The van der Waals surface area contributed by atoms with Gasteiger partial charge in [0.2, 0.25) is 5.91 Å². The van der Waals surface area contributed by atoms with Gasteiger partial charge < -0.3 is 15.0 Å². The Balaban J connectivity index is 1.36. The van der Waals surface area contributed by atoms with Gasteiger partial charge in [-0.2, -0.15) is 0 Å². The van der Waals surface area contributed by atoms with Gasteiger partial charge in [0.25, 0.3) is 0 Å². The third-order valence-electron chi connectivity index (χ3n) is 4.90. The normalized spacial score (nSPS) is 18.3. The molecule has 1 fully saturated rings. The van der Waals surface area contributed by atoms with E-state index >= 15 is 0 Å². The number of amides is 1. The van der Waals surface area contributed by atoms with Gasteiger partial charge in [-0.15, -0.1) is 0 Å². The molecule has 2 heterocycles. The summed E-state index contributed by atoms with van der Waals surface area (Å²) in [6.07, 6.45) is 6.30. The molecule has 1 aliphatic heterocycles. The maximum Gasteiger partial charge on any atom is 0.239 e. The van der Waals surface area contributed by atoms with Crippen molar-refractivity contribution in [3.05, 3.63) is 36.5 Å². The Hall–Kier alpha value is -1.85. The molecule has 130 valence electrons. The maximum absolute atomic E-state index is 12.1. The third-order valence-corrected chi connectivity index (χ3v) is 4.90. The quantitative estimate of drug-likeness (QED) is 0.728. The van der Waals surface area contributed by atoms with Crippen molar-refractivity contribution in [2.75, 3.05) is 26.2 Å². The lowest BCUT2D eigenvalue weighted by molar-refractivity contribution is -0.121. The average molecular weight is 329 g/mol. The van der Waals surface area contributed by atoms with E-state index in [0.29, 0.717) is 12.6 Å². The first kappa shape index (κ1) is 17.0. The second-order valence-corrected chi connectivity index (χ2v) is 6.57. The van der Waals surface area contributed by atoms with Crippen molar-refractivity contribution in [2.45, 2.75) is 38.3 Å². The van der Waals surface area contributed by atoms with Crippen molar-refractivity contribution in [1.82, 2.24) is 14.8 Å². The summed E-state index contributed by atoms with van der Waals surface area (Å²) in [5.41, 5.74) is 1.09. The molecule has 24 heavy (non-hydrogen) atoms. The number of para-hydroxylation sites is 1. The van der Waals surface area contributed by atoms with Crippen LogP contribution in [0.4, 0.5) is 0 Å². The summed E-state index contributed by atoms with van der Waals surface area (Å²) in [7, 11) is 0. The van der Waals surface area contributed by atoms with E-state index in [2.05, 4.69) is 16.3 Å². The number of nitrogens with zero attached hydrogens (tertiary/aromatic N) is 2. The molecule has 0 saturated carbocycles. The molecule has 3 rings (SSSR count). The second kappa shape index (κ2) is 8.31. The zero-order chi connectivity index (χ0) is 16.8. The maximum atomic E-state index is 12.1. The number of rotatable bonds is 8. The molecule has 0 radical (unpaired) electrons. The fraction of sp³-hybridized carbons (Fsp3) is 0.526. The van der Waals surface area contributed by atoms with Crippen LogP contribution in [-0.4, -0.2) is 52.8 Å². The molecule has 1 amide bonds. The molecular formula is C19H27N3O2. The molecular weight excluding hydrogens is 302 g/mol. The molecule has 2 aromatic rings. The van der Waals surface area contributed by atoms with Crippen LogP contribution < -0.4 is 5.32 Å². The molecule has 0 bridgehead atoms. The summed E-state index contributed by atoms with van der Waals surface area (Å²) in [6.45, 7) is 3.46. The molecule has 1 unspecified atom stereocenters. The highest BCUT2D eigenvalue weighted by Crippen LogP contribution is 2.17. The largest absolute Gasteiger partial charge is 0.395 e. The van der Waals surface area contributed by atoms with E-state index in [1.54, 1.807) is 0 Å². The lowest BCUT2D eigenvalue weighted by Crippen LogP contribution is -2.33. The lowest BCUT2D eigenvalue weighted by Gasteiger charge is -2.22. The van der Waals surface area contributed by atoms with Crippen molar-refractivity contribution < 1.29 is 9.90 Å². The Kier molecular flexibility index (Phi) is 5.88. The van der Waals surface area contributed by atoms with Crippen molar-refractivity contribution in [3.63, 3.8) is 0 Å². The minimum absolute atomic E-state index is 0.0609. The first-order valence-corrected chi connectivity index (χ1v) is 8.93. The molecule has 2 N–H and O–H groups in total. The number of nitrogens with one attached hydrogen (secondary N) is 1. The molecule has 1 aromatic heterocycles. The Morgan fingerprint density at radius 2 is 2.12 bits per heavy atom. The number of aromatic nitrogens is 1. The fourth-order valence-electron chi connectivity index (χ4n) is 3.55. The number of aliphatic hydroxyl groups is 1. The molecule has 0 aliphatic carbocycles. The number of fused-ring (bicyclic) bond motifs is 1. The van der Waals surface area contributed by atoms with E-state index in [1.807, 2.05) is 35.0 Å². The van der Waals surface area contributed by atoms with Gasteiger partial charge in [-0.05, 0) is 56.3 Å². The molecule has 1 aliphatic rings. The van der Waals surface area contributed by atoms with Gasteiger partial charge in [0.15, 0.2) is 0 Å². The van der Waals surface area contributed by atoms with Gasteiger partial charge >= 0.3 is 0 Å². The van der Waals surface area contributed by atoms with Gasteiger partial charge in [0, 0.05) is 24.3 Å². The topological polar surface area (TPSA) is 57.5 Å². The number of benzene rings is 1. The van der Waals surface area contributed by atoms with E-state index in [-0.39, 0.29) is 12.5 Å². The number of likely N-dealkylation sites (tertiary alicyclic amines) is 1. The summed E-state index contributed by atoms with van der Waals surface area (Å²) in [4.78, 5) is 14.5. The van der Waals surface area contributed by atoms with Gasteiger partial charge in [0.05, 0.1) is 6.61 Å². The monoisotopic (exact) mass is 329 g/mol. The number of aliphatic hydroxyl groups excluding tert-OH is 1. The van der Waals surface area contributed by atoms with Crippen LogP contribution in [0, 0.1) is 0 Å². The molecule has 1 saturated heterocycles. The van der Waals surface area contributed by atoms with Gasteiger partial charge in [0.1, 0.15) is 6.54 Å². The lowest BCUT2D eigenvalue weighted by atomic mass is 10.2. The average Bonchev–Trinajstić information content (AvgIpc) is 3.21. The summed E-state index contributed by atoms with van der Waals surface area (Å²) < 4.78 is 1.99. The number of carbonyl (C=O) groups excluding carboxylic acids is 1. The van der Waals surface area contributed by atoms with Gasteiger partial charge in [-0.1, -0.05) is 18.2 Å². The SMILES string of the molecule is O=C(Cn1ccc2ccccc21)NCCCCN1CCCC1CO. The minimum atomic E-state index is 0.0609. The first-order chi connectivity index (χ1) is 11.8. The fourth-order valence-corrected chi connectivity index (χ4v) is 3.55. The number of carbonyl (C=O) groups is 1. The predicted molar refractivity (Wildman–Crippen MR) is 95.9 cm³/mol. The molecule has 5 heteroatoms. The van der Waals surface area contributed by atoms with Gasteiger partial charge in [-0.3, -0.25) is 9.69 Å². The highest BCUT2D eigenvalue weighted by molar-refractivity contribution is 5.83. The summed E-state index contributed by atoms with van der Waals surface area (Å²) in [5, 5.41) is 13.5. The predicted octanol–water partition coefficient (Wildman–Crippen LogP) is 1.99. The Labute approximate surface area is 143 Å². The van der Waals surface area contributed by atoms with Crippen molar-refractivity contribution >= 4 is 16.8 Å². The van der Waals surface area contributed by atoms with Crippen molar-refractivity contribution in [2.24, 2.45) is 0 Å². The number of unbranched alkanes of at least 4 members (excludes halogenated alkanes) is 1. The first-order valence-electron chi connectivity index (χ1n) is 8.93. The summed E-state index contributed by atoms with van der Waals surface area (Å²) >= 11 is 0. The van der Waals surface area contributed by atoms with Crippen molar-refractivity contribution in [3.8, 4) is 0 Å². The van der Waals surface area contributed by atoms with E-state index < -0.39 is 0 Å². The zero-order valence-corrected chi connectivity index (χ0v) is 14.2. The smallest absolute Gasteiger partial charge is 0.239 e. The molecule has 5 nitrogen and oxygen atoms in total. The number of hydrogen-bond acceptors (Lipinski definition) is 3. The van der Waals surface area contributed by atoms with Crippen LogP contribution in [0.5, 0.6) is 0 Å². The molecule has 1 aromatic carbocycles. The zero-order valence-electron chi connectivity index (χ0n) is 14.2. The third kappa shape index (κ3) is 4.16. The Morgan fingerprint density at radius 1 is 1.25 bits per heavy atom. The van der Waals surface area contributed by atoms with Crippen LogP contribution in [0.1, 0.15) is 25.7 Å². The minimum Gasteiger partial charge on any atom is -0.395 e. The number of hydrogen-bond donors (Lipinski definition) is 2. The second-order valence-electron chi connectivity index (χ2n) is 6.57. The van der Waals surface area contributed by atoms with Crippen LogP contribution in [0.3, 0.4) is 0 Å². The van der Waals surface area contributed by atoms with Crippen LogP contribution >= 0.6 is 0 Å². The highest BCUT2D eigenvalue weighted by atomic mass is 16.3. The van der Waals surface area contributed by atoms with Crippen LogP contribution in [-0.2, 0) is 11.3 Å². The van der Waals surface area contributed by atoms with Crippen molar-refractivity contribution in [1.29, 1.82) is 0 Å². The Bertz CT molecular complexity index is 667. The van der Waals surface area contributed by atoms with E-state index in [1.165, 1.54) is 6.42 Å². The highest BCUT2D eigenvalue weighted by Gasteiger charge is 2.22. The van der Waals surface area contributed by atoms with Crippen LogP contribution in [0.15, 0.2) is 36.5 Å². The standard InChI is InChI=1S/C19H27N3O2/c23-15-17-7-5-12-21(17)11-4-3-10-20-19(24)14-22-13-9-16-6-1-2-8-18(16)22/h1-2,6,8-9,13,17,23H,3-5,7,10-12,14-15H2,(H,20,24). The Morgan fingerprint density at radius 3 is 3.00 bits per heavy atom. The van der Waals surface area contributed by atoms with Gasteiger partial charge in [-0.25, -0.2) is 0 Å². The van der Waals surface area contributed by atoms with Crippen LogP contribution in [0.2, 0.25) is 0 Å². The van der Waals surface area contributed by atoms with E-state index in [4.69, 9.17) is 0 Å². The van der Waals surface area contributed by atoms with E-state index in [9.17, 15) is 9.90 Å².